The van der Waals surface area contributed by atoms with Gasteiger partial charge in [0.05, 0.1) is 26.8 Å². The van der Waals surface area contributed by atoms with Crippen LogP contribution < -0.4 is 0 Å². The molecule has 0 saturated heterocycles. The van der Waals surface area contributed by atoms with Gasteiger partial charge in [0.2, 0.25) is 0 Å². The molecule has 2 heterocycles. The molecule has 2 aromatic heterocycles. The SMILES string of the molecule is CC(=O)c1cnc2ccc(-c3cc(Cl)c(O)c(Cl)c3)nc2c1. The number of aromatic nitrogens is 2. The average molecular weight is 333 g/mol. The Kier molecular flexibility index (Phi) is 3.72. The molecule has 0 amide bonds. The van der Waals surface area contributed by atoms with Crippen LogP contribution in [-0.2, 0) is 0 Å². The minimum Gasteiger partial charge on any atom is -0.505 e. The Hall–Kier alpha value is -2.17. The number of phenolic OH excluding ortho intramolecular Hbond substituents is 1. The van der Waals surface area contributed by atoms with Gasteiger partial charge in [-0.2, -0.15) is 0 Å². The van der Waals surface area contributed by atoms with Crippen molar-refractivity contribution in [1.29, 1.82) is 0 Å². The van der Waals surface area contributed by atoms with E-state index in [9.17, 15) is 9.90 Å². The van der Waals surface area contributed by atoms with E-state index in [0.717, 1.165) is 0 Å². The highest BCUT2D eigenvalue weighted by atomic mass is 35.5. The van der Waals surface area contributed by atoms with Gasteiger partial charge in [0.15, 0.2) is 11.5 Å². The Balaban J connectivity index is 2.17. The molecule has 0 aliphatic heterocycles. The zero-order valence-electron chi connectivity index (χ0n) is 11.5. The van der Waals surface area contributed by atoms with Gasteiger partial charge in [-0.3, -0.25) is 9.78 Å². The molecule has 1 N–H and O–H groups in total. The second-order valence-corrected chi connectivity index (χ2v) is 5.62. The molecule has 0 aliphatic carbocycles. The third kappa shape index (κ3) is 2.63. The number of hydrogen-bond donors (Lipinski definition) is 1. The summed E-state index contributed by atoms with van der Waals surface area (Å²) in [6.07, 6.45) is 1.53. The zero-order valence-corrected chi connectivity index (χ0v) is 13.0. The number of nitrogens with zero attached hydrogens (tertiary/aromatic N) is 2. The normalized spacial score (nSPS) is 10.9. The molecule has 22 heavy (non-hydrogen) atoms. The van der Waals surface area contributed by atoms with Crippen LogP contribution >= 0.6 is 23.2 Å². The van der Waals surface area contributed by atoms with Crippen LogP contribution in [0.2, 0.25) is 10.0 Å². The molecular weight excluding hydrogens is 323 g/mol. The number of carbonyl (C=O) groups is 1. The van der Waals surface area contributed by atoms with Crippen LogP contribution in [0.5, 0.6) is 5.75 Å². The molecule has 0 spiro atoms. The molecule has 0 bridgehead atoms. The number of ketones is 1. The van der Waals surface area contributed by atoms with Gasteiger partial charge in [-0.1, -0.05) is 23.2 Å². The van der Waals surface area contributed by atoms with Crippen LogP contribution in [0.15, 0.2) is 36.5 Å². The molecule has 0 radical (unpaired) electrons. The number of Topliss-reactive ketones (excluding diaryl/α,β-unsaturated/α-hetero) is 1. The second kappa shape index (κ2) is 5.55. The van der Waals surface area contributed by atoms with Gasteiger partial charge in [-0.15, -0.1) is 0 Å². The monoisotopic (exact) mass is 332 g/mol. The summed E-state index contributed by atoms with van der Waals surface area (Å²) in [6, 6.07) is 8.44. The van der Waals surface area contributed by atoms with E-state index >= 15 is 0 Å². The van der Waals surface area contributed by atoms with Crippen LogP contribution in [0.25, 0.3) is 22.3 Å². The first-order valence-electron chi connectivity index (χ1n) is 6.42. The third-order valence-electron chi connectivity index (χ3n) is 3.26. The Morgan fingerprint density at radius 1 is 1.09 bits per heavy atom. The lowest BCUT2D eigenvalue weighted by Crippen LogP contribution is -1.95. The number of fused-ring (bicyclic) bond motifs is 1. The molecular formula is C16H10Cl2N2O2. The summed E-state index contributed by atoms with van der Waals surface area (Å²) in [4.78, 5) is 20.1. The lowest BCUT2D eigenvalue weighted by molar-refractivity contribution is 0.101. The van der Waals surface area contributed by atoms with Gasteiger partial charge in [0, 0.05) is 17.3 Å². The summed E-state index contributed by atoms with van der Waals surface area (Å²) in [5.74, 6) is -0.231. The molecule has 4 nitrogen and oxygen atoms in total. The van der Waals surface area contributed by atoms with Crippen LogP contribution in [-0.4, -0.2) is 20.9 Å². The number of benzene rings is 1. The van der Waals surface area contributed by atoms with Gasteiger partial charge in [-0.25, -0.2) is 4.98 Å². The number of phenols is 1. The first-order chi connectivity index (χ1) is 10.5. The van der Waals surface area contributed by atoms with E-state index in [0.29, 0.717) is 27.9 Å². The standard InChI is InChI=1S/C16H10Cl2N2O2/c1-8(21)10-6-15-14(19-7-10)3-2-13(20-15)9-4-11(17)16(22)12(18)5-9/h2-7,22H,1H3. The molecule has 1 aromatic carbocycles. The summed E-state index contributed by atoms with van der Waals surface area (Å²) in [5, 5.41) is 9.92. The zero-order chi connectivity index (χ0) is 15.9. The van der Waals surface area contributed by atoms with E-state index in [4.69, 9.17) is 23.2 Å². The predicted molar refractivity (Wildman–Crippen MR) is 86.7 cm³/mol. The molecule has 3 rings (SSSR count). The van der Waals surface area contributed by atoms with Crippen molar-refractivity contribution in [1.82, 2.24) is 9.97 Å². The van der Waals surface area contributed by atoms with Crippen molar-refractivity contribution in [3.8, 4) is 17.0 Å². The van der Waals surface area contributed by atoms with Gasteiger partial charge >= 0.3 is 0 Å². The topological polar surface area (TPSA) is 63.1 Å². The maximum Gasteiger partial charge on any atom is 0.161 e. The van der Waals surface area contributed by atoms with E-state index in [1.807, 2.05) is 0 Å². The average Bonchev–Trinajstić information content (AvgIpc) is 2.51. The fraction of sp³-hybridized carbons (Fsp3) is 0.0625. The van der Waals surface area contributed by atoms with Gasteiger partial charge in [0.1, 0.15) is 0 Å². The fourth-order valence-electron chi connectivity index (χ4n) is 2.07. The van der Waals surface area contributed by atoms with Gasteiger partial charge < -0.3 is 5.11 Å². The highest BCUT2D eigenvalue weighted by Gasteiger charge is 2.10. The molecule has 110 valence electrons. The fourth-order valence-corrected chi connectivity index (χ4v) is 2.56. The minimum atomic E-state index is -0.159. The van der Waals surface area contributed by atoms with Crippen LogP contribution in [0.3, 0.4) is 0 Å². The predicted octanol–water partition coefficient (Wildman–Crippen LogP) is 4.51. The quantitative estimate of drug-likeness (QED) is 0.701. The summed E-state index contributed by atoms with van der Waals surface area (Å²) in [6.45, 7) is 1.48. The van der Waals surface area contributed by atoms with E-state index in [2.05, 4.69) is 9.97 Å². The number of halogens is 2. The highest BCUT2D eigenvalue weighted by Crippen LogP contribution is 2.36. The van der Waals surface area contributed by atoms with Crippen molar-refractivity contribution < 1.29 is 9.90 Å². The molecule has 0 fully saturated rings. The van der Waals surface area contributed by atoms with Crippen molar-refractivity contribution in [2.45, 2.75) is 6.92 Å². The summed E-state index contributed by atoms with van der Waals surface area (Å²) in [5.41, 5.74) is 3.08. The largest absolute Gasteiger partial charge is 0.505 e. The smallest absolute Gasteiger partial charge is 0.161 e. The molecule has 0 unspecified atom stereocenters. The molecule has 3 aromatic rings. The van der Waals surface area contributed by atoms with E-state index in [1.54, 1.807) is 30.3 Å². The lowest BCUT2D eigenvalue weighted by Gasteiger charge is -2.07. The van der Waals surface area contributed by atoms with Crippen molar-refractivity contribution in [2.75, 3.05) is 0 Å². The maximum atomic E-state index is 11.4. The second-order valence-electron chi connectivity index (χ2n) is 4.80. The van der Waals surface area contributed by atoms with E-state index in [1.165, 1.54) is 13.1 Å². The number of rotatable bonds is 2. The number of hydrogen-bond acceptors (Lipinski definition) is 4. The Bertz CT molecular complexity index is 887. The van der Waals surface area contributed by atoms with Crippen molar-refractivity contribution in [3.63, 3.8) is 0 Å². The Morgan fingerprint density at radius 2 is 1.77 bits per heavy atom. The lowest BCUT2D eigenvalue weighted by atomic mass is 10.1. The van der Waals surface area contributed by atoms with Crippen molar-refractivity contribution >= 4 is 40.0 Å². The number of pyridine rings is 2. The number of aromatic hydroxyl groups is 1. The van der Waals surface area contributed by atoms with Gasteiger partial charge in [-0.05, 0) is 37.3 Å². The van der Waals surface area contributed by atoms with Crippen LogP contribution in [0.1, 0.15) is 17.3 Å². The van der Waals surface area contributed by atoms with E-state index in [-0.39, 0.29) is 21.6 Å². The molecule has 0 atom stereocenters. The number of carbonyl (C=O) groups excluding carboxylic acids is 1. The van der Waals surface area contributed by atoms with E-state index < -0.39 is 0 Å². The minimum absolute atomic E-state index is 0.0719. The van der Waals surface area contributed by atoms with Gasteiger partial charge in [0.25, 0.3) is 0 Å². The first kappa shape index (κ1) is 14.8. The molecule has 0 aliphatic rings. The first-order valence-corrected chi connectivity index (χ1v) is 7.17. The Labute approximate surface area is 136 Å². The molecule has 6 heteroatoms. The van der Waals surface area contributed by atoms with Crippen LogP contribution in [0.4, 0.5) is 0 Å². The van der Waals surface area contributed by atoms with Crippen LogP contribution in [0, 0.1) is 0 Å². The maximum absolute atomic E-state index is 11.4. The summed E-state index contributed by atoms with van der Waals surface area (Å²) in [7, 11) is 0. The third-order valence-corrected chi connectivity index (χ3v) is 3.83. The Morgan fingerprint density at radius 3 is 2.41 bits per heavy atom. The van der Waals surface area contributed by atoms with Crippen molar-refractivity contribution in [3.05, 3.63) is 52.1 Å². The molecule has 0 saturated carbocycles. The summed E-state index contributed by atoms with van der Waals surface area (Å²) >= 11 is 11.9. The van der Waals surface area contributed by atoms with Crippen molar-refractivity contribution in [2.24, 2.45) is 0 Å². The highest BCUT2D eigenvalue weighted by molar-refractivity contribution is 6.37. The summed E-state index contributed by atoms with van der Waals surface area (Å²) < 4.78 is 0.